The Kier molecular flexibility index (Phi) is 9.75. The van der Waals surface area contributed by atoms with Crippen LogP contribution in [-0.2, 0) is 32.1 Å². The number of amides is 3. The number of para-hydroxylation sites is 1. The fourth-order valence-electron chi connectivity index (χ4n) is 5.78. The van der Waals surface area contributed by atoms with Crippen molar-refractivity contribution in [2.24, 2.45) is 0 Å². The number of anilines is 1. The van der Waals surface area contributed by atoms with E-state index in [1.54, 1.807) is 11.0 Å². The molecular formula is C35H40N4O5. The molecule has 3 amide bonds. The lowest BCUT2D eigenvalue weighted by Gasteiger charge is -2.29. The van der Waals surface area contributed by atoms with Crippen LogP contribution in [0.2, 0.25) is 0 Å². The Bertz CT molecular complexity index is 1520. The number of ether oxygens (including phenoxy) is 1. The molecule has 0 saturated heterocycles. The molecule has 3 aliphatic rings. The molecule has 44 heavy (non-hydrogen) atoms. The van der Waals surface area contributed by atoms with E-state index >= 15 is 0 Å². The van der Waals surface area contributed by atoms with Crippen LogP contribution in [0.3, 0.4) is 0 Å². The summed E-state index contributed by atoms with van der Waals surface area (Å²) in [6.07, 6.45) is 1.96. The van der Waals surface area contributed by atoms with Crippen LogP contribution in [0, 0.1) is 0 Å². The summed E-state index contributed by atoms with van der Waals surface area (Å²) in [6, 6.07) is 22.5. The first-order valence-corrected chi connectivity index (χ1v) is 15.3. The lowest BCUT2D eigenvalue weighted by atomic mass is 9.98. The molecule has 0 aliphatic carbocycles. The summed E-state index contributed by atoms with van der Waals surface area (Å²) in [6.45, 7) is 5.03. The van der Waals surface area contributed by atoms with Gasteiger partial charge in [0.1, 0.15) is 12.6 Å². The summed E-state index contributed by atoms with van der Waals surface area (Å²) in [7, 11) is 0. The molecule has 3 aliphatic heterocycles. The SMILES string of the molecule is CC1(C)CC(=O)N[C@@H]2CCc3ccccc3N(Cc3ccc(cc3)-c3ccccc3C(=O)NCCCC(=O)OCCN1)C2=O. The average Bonchev–Trinajstić information content (AvgIpc) is 3.13. The Morgan fingerprint density at radius 2 is 1.57 bits per heavy atom. The second-order valence-corrected chi connectivity index (χ2v) is 12.0. The molecule has 3 aromatic carbocycles. The maximum atomic E-state index is 14.0. The van der Waals surface area contributed by atoms with Crippen LogP contribution < -0.4 is 20.9 Å². The van der Waals surface area contributed by atoms with Gasteiger partial charge in [-0.05, 0) is 67.5 Å². The Morgan fingerprint density at radius 1 is 0.841 bits per heavy atom. The number of benzene rings is 3. The number of aryl methyl sites for hydroxylation is 1. The van der Waals surface area contributed by atoms with Gasteiger partial charge in [0.2, 0.25) is 11.8 Å². The minimum absolute atomic E-state index is 0.151. The van der Waals surface area contributed by atoms with Crippen LogP contribution in [-0.4, -0.2) is 55.0 Å². The third kappa shape index (κ3) is 7.71. The molecule has 6 rings (SSSR count). The van der Waals surface area contributed by atoms with Gasteiger partial charge in [0.25, 0.3) is 5.91 Å². The third-order valence-electron chi connectivity index (χ3n) is 8.08. The number of rotatable bonds is 0. The summed E-state index contributed by atoms with van der Waals surface area (Å²) in [5.41, 5.74) is 4.46. The minimum atomic E-state index is -0.665. The number of nitrogens with zero attached hydrogens (tertiary/aromatic N) is 1. The maximum Gasteiger partial charge on any atom is 0.305 e. The monoisotopic (exact) mass is 596 g/mol. The lowest BCUT2D eigenvalue weighted by Crippen LogP contribution is -2.51. The molecule has 3 aromatic rings. The van der Waals surface area contributed by atoms with Gasteiger partial charge in [-0.2, -0.15) is 0 Å². The molecule has 0 radical (unpaired) electrons. The summed E-state index contributed by atoms with van der Waals surface area (Å²) in [4.78, 5) is 54.2. The number of carbonyl (C=O) groups excluding carboxylic acids is 4. The van der Waals surface area contributed by atoms with Gasteiger partial charge in [0.15, 0.2) is 0 Å². The zero-order valence-electron chi connectivity index (χ0n) is 25.4. The van der Waals surface area contributed by atoms with Crippen molar-refractivity contribution < 1.29 is 23.9 Å². The maximum absolute atomic E-state index is 14.0. The normalized spacial score (nSPS) is 20.2. The minimum Gasteiger partial charge on any atom is -0.464 e. The number of hydrogen-bond acceptors (Lipinski definition) is 6. The number of esters is 1. The van der Waals surface area contributed by atoms with Gasteiger partial charge in [0.05, 0.1) is 6.54 Å². The Morgan fingerprint density at radius 3 is 2.36 bits per heavy atom. The van der Waals surface area contributed by atoms with E-state index in [4.69, 9.17) is 4.74 Å². The number of hydrogen-bond donors (Lipinski definition) is 3. The largest absolute Gasteiger partial charge is 0.464 e. The van der Waals surface area contributed by atoms with Gasteiger partial charge in [-0.15, -0.1) is 0 Å². The number of fused-ring (bicyclic) bond motifs is 16. The van der Waals surface area contributed by atoms with Crippen molar-refractivity contribution in [2.45, 2.75) is 64.1 Å². The molecule has 0 spiro atoms. The fraction of sp³-hybridized carbons (Fsp3) is 0.371. The molecule has 0 saturated carbocycles. The molecule has 0 unspecified atom stereocenters. The van der Waals surface area contributed by atoms with Gasteiger partial charge in [-0.25, -0.2) is 0 Å². The van der Waals surface area contributed by atoms with Gasteiger partial charge in [0, 0.05) is 42.7 Å². The molecule has 9 nitrogen and oxygen atoms in total. The first-order chi connectivity index (χ1) is 21.2. The summed E-state index contributed by atoms with van der Waals surface area (Å²) >= 11 is 0. The number of carbonyl (C=O) groups is 4. The zero-order valence-corrected chi connectivity index (χ0v) is 25.4. The molecule has 4 bridgehead atoms. The number of nitrogens with one attached hydrogen (secondary N) is 3. The van der Waals surface area contributed by atoms with Crippen LogP contribution in [0.4, 0.5) is 5.69 Å². The first-order valence-electron chi connectivity index (χ1n) is 15.3. The van der Waals surface area contributed by atoms with E-state index in [2.05, 4.69) is 16.0 Å². The summed E-state index contributed by atoms with van der Waals surface area (Å²) < 4.78 is 5.34. The van der Waals surface area contributed by atoms with Crippen molar-refractivity contribution in [3.05, 3.63) is 89.5 Å². The quantitative estimate of drug-likeness (QED) is 0.336. The molecule has 3 N–H and O–H groups in total. The van der Waals surface area contributed by atoms with Gasteiger partial charge < -0.3 is 25.6 Å². The summed E-state index contributed by atoms with van der Waals surface area (Å²) in [5.74, 6) is -0.924. The highest BCUT2D eigenvalue weighted by Crippen LogP contribution is 2.30. The Hall–Kier alpha value is -4.50. The van der Waals surface area contributed by atoms with Crippen LogP contribution in [0.25, 0.3) is 11.1 Å². The molecule has 0 aromatic heterocycles. The highest BCUT2D eigenvalue weighted by Gasteiger charge is 2.32. The predicted molar refractivity (Wildman–Crippen MR) is 169 cm³/mol. The van der Waals surface area contributed by atoms with Crippen molar-refractivity contribution in [3.8, 4) is 11.1 Å². The first kappa shape index (κ1) is 30.9. The molecule has 9 heteroatoms. The van der Waals surface area contributed by atoms with Crippen molar-refractivity contribution >= 4 is 29.4 Å². The van der Waals surface area contributed by atoms with E-state index in [-0.39, 0.29) is 43.1 Å². The molecule has 1 atom stereocenters. The molecule has 3 heterocycles. The molecular weight excluding hydrogens is 556 g/mol. The van der Waals surface area contributed by atoms with E-state index in [0.717, 1.165) is 27.9 Å². The van der Waals surface area contributed by atoms with Gasteiger partial charge in [-0.1, -0.05) is 60.7 Å². The van der Waals surface area contributed by atoms with Crippen molar-refractivity contribution in [1.82, 2.24) is 16.0 Å². The lowest BCUT2D eigenvalue weighted by molar-refractivity contribution is -0.143. The smallest absolute Gasteiger partial charge is 0.305 e. The predicted octanol–water partition coefficient (Wildman–Crippen LogP) is 4.14. The van der Waals surface area contributed by atoms with E-state index in [1.807, 2.05) is 80.6 Å². The fourth-order valence-corrected chi connectivity index (χ4v) is 5.78. The van der Waals surface area contributed by atoms with Crippen molar-refractivity contribution in [3.63, 3.8) is 0 Å². The molecule has 0 fully saturated rings. The second kappa shape index (κ2) is 13.9. The van der Waals surface area contributed by atoms with Crippen molar-refractivity contribution in [1.29, 1.82) is 0 Å². The van der Waals surface area contributed by atoms with Crippen LogP contribution in [0.1, 0.15) is 61.0 Å². The zero-order chi connectivity index (χ0) is 31.1. The summed E-state index contributed by atoms with van der Waals surface area (Å²) in [5, 5.41) is 9.20. The van der Waals surface area contributed by atoms with E-state index < -0.39 is 11.6 Å². The van der Waals surface area contributed by atoms with Crippen molar-refractivity contribution in [2.75, 3.05) is 24.6 Å². The highest BCUT2D eigenvalue weighted by atomic mass is 16.5. The van der Waals surface area contributed by atoms with E-state index in [0.29, 0.717) is 44.5 Å². The highest BCUT2D eigenvalue weighted by molar-refractivity contribution is 6.01. The van der Waals surface area contributed by atoms with Crippen LogP contribution in [0.15, 0.2) is 72.8 Å². The van der Waals surface area contributed by atoms with Crippen LogP contribution in [0.5, 0.6) is 0 Å². The Labute approximate surface area is 258 Å². The second-order valence-electron chi connectivity index (χ2n) is 12.0. The standard InChI is InChI=1S/C35H40N4O5/c1-35(2)22-31(40)38-29-18-17-26-8-3-6-11-30(26)39(34(29)43)23-24-13-15-25(16-14-24)27-9-4-5-10-28(27)33(42)36-19-7-12-32(41)44-21-20-37-35/h3-6,8-11,13-16,29,37H,7,12,17-23H2,1-2H3,(H,36,42)(H,38,40)/t29-/m1/s1. The van der Waals surface area contributed by atoms with Gasteiger partial charge in [-0.3, -0.25) is 19.2 Å². The molecule has 230 valence electrons. The van der Waals surface area contributed by atoms with E-state index in [9.17, 15) is 19.2 Å². The Balaban J connectivity index is 1.44. The van der Waals surface area contributed by atoms with Gasteiger partial charge >= 0.3 is 5.97 Å². The van der Waals surface area contributed by atoms with E-state index in [1.165, 1.54) is 0 Å². The van der Waals surface area contributed by atoms with Crippen LogP contribution >= 0.6 is 0 Å². The topological polar surface area (TPSA) is 117 Å². The average molecular weight is 597 g/mol. The third-order valence-corrected chi connectivity index (χ3v) is 8.08.